The highest BCUT2D eigenvalue weighted by atomic mass is 19.1. The van der Waals surface area contributed by atoms with Crippen molar-refractivity contribution < 1.29 is 32.0 Å². The Bertz CT molecular complexity index is 1460. The molecule has 8 nitrogen and oxygen atoms in total. The fraction of sp³-hybridized carbons (Fsp3) is 0.379. The number of aryl methyl sites for hydroxylation is 1. The molecule has 1 aromatic carbocycles. The maximum Gasteiger partial charge on any atom is 0.425 e. The van der Waals surface area contributed by atoms with Crippen molar-refractivity contribution in [1.82, 2.24) is 9.97 Å². The van der Waals surface area contributed by atoms with Gasteiger partial charge < -0.3 is 14.8 Å². The lowest BCUT2D eigenvalue weighted by Crippen LogP contribution is -2.44. The molecule has 0 aliphatic rings. The van der Waals surface area contributed by atoms with Crippen LogP contribution in [0, 0.1) is 25.4 Å². The molecule has 2 heterocycles. The van der Waals surface area contributed by atoms with Crippen molar-refractivity contribution in [3.8, 4) is 0 Å². The van der Waals surface area contributed by atoms with Gasteiger partial charge >= 0.3 is 12.2 Å². The summed E-state index contributed by atoms with van der Waals surface area (Å²) in [4.78, 5) is 34.6. The van der Waals surface area contributed by atoms with Gasteiger partial charge in [-0.25, -0.2) is 23.4 Å². The fourth-order valence-corrected chi connectivity index (χ4v) is 3.47. The standard InChI is InChI=1S/C29H34F2N4O4/c1-17-9-10-22(21(30)13-17)34-23-16-32-15-20(18(23)2)14-19-11-12-33-25(24(19)31)35(26(36)38-28(3,4)5)27(37)39-29(6,7)8/h9-13,15-16,34H,14H2,1-8H3/i1D3. The van der Waals surface area contributed by atoms with Gasteiger partial charge in [0.1, 0.15) is 17.0 Å². The predicted octanol–water partition coefficient (Wildman–Crippen LogP) is 7.38. The van der Waals surface area contributed by atoms with E-state index in [1.54, 1.807) is 48.5 Å². The second-order valence-electron chi connectivity index (χ2n) is 10.9. The van der Waals surface area contributed by atoms with Crippen LogP contribution in [0.2, 0.25) is 0 Å². The van der Waals surface area contributed by atoms with E-state index in [1.165, 1.54) is 36.8 Å². The van der Waals surface area contributed by atoms with Crippen LogP contribution in [0.5, 0.6) is 0 Å². The minimum atomic E-state index is -2.45. The van der Waals surface area contributed by atoms with Crippen molar-refractivity contribution in [3.63, 3.8) is 0 Å². The van der Waals surface area contributed by atoms with Crippen LogP contribution in [0.1, 0.15) is 67.9 Å². The molecule has 0 saturated heterocycles. The number of carbonyl (C=O) groups excluding carboxylic acids is 2. The van der Waals surface area contributed by atoms with Crippen molar-refractivity contribution in [2.45, 2.75) is 72.9 Å². The molecule has 0 radical (unpaired) electrons. The van der Waals surface area contributed by atoms with Gasteiger partial charge in [0.15, 0.2) is 11.6 Å². The molecule has 0 saturated carbocycles. The summed E-state index contributed by atoms with van der Waals surface area (Å²) in [6.07, 6.45) is 1.88. The third kappa shape index (κ3) is 7.72. The lowest BCUT2D eigenvalue weighted by atomic mass is 10.0. The summed E-state index contributed by atoms with van der Waals surface area (Å²) in [5.41, 5.74) is -0.422. The average molecular weight is 544 g/mol. The number of anilines is 3. The van der Waals surface area contributed by atoms with E-state index in [0.29, 0.717) is 21.7 Å². The third-order valence-electron chi connectivity index (χ3n) is 5.25. The lowest BCUT2D eigenvalue weighted by Gasteiger charge is -2.28. The Balaban J connectivity index is 1.96. The molecular weight excluding hydrogens is 506 g/mol. The first-order valence-corrected chi connectivity index (χ1v) is 12.2. The zero-order valence-corrected chi connectivity index (χ0v) is 23.0. The van der Waals surface area contributed by atoms with Crippen molar-refractivity contribution in [1.29, 1.82) is 0 Å². The molecule has 0 fully saturated rings. The maximum absolute atomic E-state index is 15.9. The van der Waals surface area contributed by atoms with E-state index in [-0.39, 0.29) is 23.2 Å². The number of aromatic nitrogens is 2. The van der Waals surface area contributed by atoms with Gasteiger partial charge in [0.2, 0.25) is 0 Å². The molecule has 2 aromatic heterocycles. The summed E-state index contributed by atoms with van der Waals surface area (Å²) in [7, 11) is 0. The summed E-state index contributed by atoms with van der Waals surface area (Å²) >= 11 is 0. The van der Waals surface area contributed by atoms with Crippen LogP contribution in [0.4, 0.5) is 35.6 Å². The van der Waals surface area contributed by atoms with E-state index in [9.17, 15) is 14.0 Å². The molecule has 208 valence electrons. The number of halogens is 2. The van der Waals surface area contributed by atoms with Crippen molar-refractivity contribution in [2.24, 2.45) is 0 Å². The molecule has 1 N–H and O–H groups in total. The number of amides is 2. The number of ether oxygens (including phenoxy) is 2. The van der Waals surface area contributed by atoms with Crippen LogP contribution >= 0.6 is 0 Å². The lowest BCUT2D eigenvalue weighted by molar-refractivity contribution is 0.0427. The molecule has 0 unspecified atom stereocenters. The van der Waals surface area contributed by atoms with Gasteiger partial charge in [-0.2, -0.15) is 4.90 Å². The SMILES string of the molecule is [2H]C([2H])([2H])c1ccc(Nc2cncc(Cc3ccnc(N(C(=O)OC(C)(C)C)C(=O)OC(C)(C)C)c3F)c2C)c(F)c1. The van der Waals surface area contributed by atoms with E-state index in [4.69, 9.17) is 13.6 Å². The Labute approximate surface area is 231 Å². The van der Waals surface area contributed by atoms with Crippen LogP contribution in [-0.2, 0) is 15.9 Å². The van der Waals surface area contributed by atoms with Crippen molar-refractivity contribution >= 4 is 29.4 Å². The highest BCUT2D eigenvalue weighted by Crippen LogP contribution is 2.29. The van der Waals surface area contributed by atoms with Gasteiger partial charge in [-0.1, -0.05) is 6.07 Å². The number of nitrogens with one attached hydrogen (secondary N) is 1. The number of hydrogen-bond acceptors (Lipinski definition) is 7. The highest BCUT2D eigenvalue weighted by Gasteiger charge is 2.36. The third-order valence-corrected chi connectivity index (χ3v) is 5.25. The number of pyridine rings is 2. The molecule has 39 heavy (non-hydrogen) atoms. The molecule has 2 amide bonds. The minimum Gasteiger partial charge on any atom is -0.443 e. The summed E-state index contributed by atoms with van der Waals surface area (Å²) in [5.74, 6) is -2.30. The Hall–Kier alpha value is -4.08. The smallest absolute Gasteiger partial charge is 0.425 e. The van der Waals surface area contributed by atoms with Gasteiger partial charge in [0, 0.05) is 22.9 Å². The predicted molar refractivity (Wildman–Crippen MR) is 145 cm³/mol. The summed E-state index contributed by atoms with van der Waals surface area (Å²) in [6.45, 7) is 8.87. The molecule has 0 aliphatic heterocycles. The van der Waals surface area contributed by atoms with Crippen molar-refractivity contribution in [3.05, 3.63) is 76.7 Å². The Morgan fingerprint density at radius 3 is 2.18 bits per heavy atom. The van der Waals surface area contributed by atoms with Crippen LogP contribution in [0.3, 0.4) is 0 Å². The molecule has 0 spiro atoms. The van der Waals surface area contributed by atoms with Gasteiger partial charge in [-0.05, 0) is 95.8 Å². The second-order valence-corrected chi connectivity index (χ2v) is 10.9. The Kier molecular flexibility index (Phi) is 7.33. The maximum atomic E-state index is 15.9. The number of carbonyl (C=O) groups is 2. The first kappa shape index (κ1) is 25.2. The number of imide groups is 1. The second kappa shape index (κ2) is 11.3. The van der Waals surface area contributed by atoms with Gasteiger partial charge in [-0.15, -0.1) is 0 Å². The largest absolute Gasteiger partial charge is 0.443 e. The summed E-state index contributed by atoms with van der Waals surface area (Å²) in [6, 6.07) is 4.96. The summed E-state index contributed by atoms with van der Waals surface area (Å²) in [5, 5.41) is 2.90. The number of nitrogens with zero attached hydrogens (tertiary/aromatic N) is 3. The quantitative estimate of drug-likeness (QED) is 0.359. The minimum absolute atomic E-state index is 0.0212. The van der Waals surface area contributed by atoms with E-state index < -0.39 is 47.7 Å². The first-order chi connectivity index (χ1) is 19.3. The zero-order valence-electron chi connectivity index (χ0n) is 26.0. The van der Waals surface area contributed by atoms with E-state index in [1.807, 2.05) is 0 Å². The zero-order chi connectivity index (χ0) is 31.6. The van der Waals surface area contributed by atoms with Crippen LogP contribution in [0.15, 0.2) is 42.9 Å². The van der Waals surface area contributed by atoms with Crippen molar-refractivity contribution in [2.75, 3.05) is 10.2 Å². The molecule has 3 aromatic rings. The number of hydrogen-bond donors (Lipinski definition) is 1. The summed E-state index contributed by atoms with van der Waals surface area (Å²) < 4.78 is 63.6. The Morgan fingerprint density at radius 1 is 0.974 bits per heavy atom. The van der Waals surface area contributed by atoms with E-state index in [2.05, 4.69) is 15.3 Å². The topological polar surface area (TPSA) is 93.7 Å². The van der Waals surface area contributed by atoms with Gasteiger partial charge in [-0.3, -0.25) is 4.98 Å². The first-order valence-electron chi connectivity index (χ1n) is 13.7. The average Bonchev–Trinajstić information content (AvgIpc) is 2.82. The molecule has 3 rings (SSSR count). The molecular formula is C29H34F2N4O4. The van der Waals surface area contributed by atoms with Crippen LogP contribution in [-0.4, -0.2) is 33.4 Å². The highest BCUT2D eigenvalue weighted by molar-refractivity contribution is 6.08. The molecule has 0 aliphatic carbocycles. The van der Waals surface area contributed by atoms with Gasteiger partial charge in [0.05, 0.1) is 17.6 Å². The number of rotatable bonds is 5. The Morgan fingerprint density at radius 2 is 1.62 bits per heavy atom. The molecule has 10 heteroatoms. The van der Waals surface area contributed by atoms with Crippen LogP contribution < -0.4 is 10.2 Å². The van der Waals surface area contributed by atoms with E-state index in [0.717, 1.165) is 6.07 Å². The van der Waals surface area contributed by atoms with Gasteiger partial charge in [0.25, 0.3) is 0 Å². The molecule has 0 bridgehead atoms. The van der Waals surface area contributed by atoms with Crippen LogP contribution in [0.25, 0.3) is 0 Å². The molecule has 0 atom stereocenters. The van der Waals surface area contributed by atoms with E-state index >= 15 is 4.39 Å². The number of benzene rings is 1. The normalized spacial score (nSPS) is 13.1. The monoisotopic (exact) mass is 543 g/mol. The fourth-order valence-electron chi connectivity index (χ4n) is 3.47.